The van der Waals surface area contributed by atoms with Gasteiger partial charge in [0.15, 0.2) is 0 Å². The number of para-hydroxylation sites is 1. The summed E-state index contributed by atoms with van der Waals surface area (Å²) in [6.45, 7) is 2.33. The highest BCUT2D eigenvalue weighted by atomic mass is 31.1. The maximum atomic E-state index is 11.9. The first-order chi connectivity index (χ1) is 10.0. The molecular weight excluding hydrogens is 285 g/mol. The van der Waals surface area contributed by atoms with Gasteiger partial charge in [-0.25, -0.2) is 0 Å². The molecule has 0 bridgehead atoms. The fraction of sp³-hybridized carbons (Fsp3) is 0.625. The van der Waals surface area contributed by atoms with Crippen molar-refractivity contribution in [2.75, 3.05) is 6.61 Å². The topological polar surface area (TPSA) is 72.5 Å². The van der Waals surface area contributed by atoms with Crippen LogP contribution in [0.4, 0.5) is 0 Å². The SMILES string of the molecule is CC(N)CC1CCC(COc2ccccc2)([P+](=O)O)CC1. The minimum atomic E-state index is -2.24. The summed E-state index contributed by atoms with van der Waals surface area (Å²) in [5.74, 6) is 1.33. The van der Waals surface area contributed by atoms with Gasteiger partial charge in [-0.1, -0.05) is 18.2 Å². The predicted molar refractivity (Wildman–Crippen MR) is 84.7 cm³/mol. The number of nitrogens with two attached hydrogens (primary N) is 1. The highest BCUT2D eigenvalue weighted by Gasteiger charge is 2.52. The van der Waals surface area contributed by atoms with Gasteiger partial charge in [-0.15, -0.1) is 0 Å². The Kier molecular flexibility index (Phi) is 5.74. The van der Waals surface area contributed by atoms with Gasteiger partial charge in [-0.2, -0.15) is 4.89 Å². The smallest absolute Gasteiger partial charge is 0.488 e. The predicted octanol–water partition coefficient (Wildman–Crippen LogP) is 3.47. The van der Waals surface area contributed by atoms with Gasteiger partial charge in [0.1, 0.15) is 12.4 Å². The number of hydrogen-bond acceptors (Lipinski definition) is 3. The van der Waals surface area contributed by atoms with Crippen LogP contribution in [-0.4, -0.2) is 22.7 Å². The van der Waals surface area contributed by atoms with Gasteiger partial charge in [0.25, 0.3) is 0 Å². The van der Waals surface area contributed by atoms with Crippen molar-refractivity contribution in [1.29, 1.82) is 0 Å². The van der Waals surface area contributed by atoms with Crippen molar-refractivity contribution in [3.8, 4) is 5.75 Å². The van der Waals surface area contributed by atoms with Crippen LogP contribution in [-0.2, 0) is 4.57 Å². The standard InChI is InChI=1S/C16H24NO3P/c1-13(17)11-14-7-9-16(10-8-14,21(18)19)12-20-15-5-3-2-4-6-15/h2-6,13-14H,7-12,17H2,1H3/p+1. The quantitative estimate of drug-likeness (QED) is 0.789. The zero-order valence-corrected chi connectivity index (χ0v) is 13.5. The zero-order valence-electron chi connectivity index (χ0n) is 12.6. The molecular formula is C16H25NO3P+. The lowest BCUT2D eigenvalue weighted by Crippen LogP contribution is -2.38. The second kappa shape index (κ2) is 7.35. The van der Waals surface area contributed by atoms with Crippen molar-refractivity contribution in [2.45, 2.75) is 50.2 Å². The molecule has 0 amide bonds. The third-order valence-corrected chi connectivity index (χ3v) is 5.79. The van der Waals surface area contributed by atoms with Gasteiger partial charge in [-0.3, -0.25) is 0 Å². The van der Waals surface area contributed by atoms with Crippen LogP contribution < -0.4 is 10.5 Å². The second-order valence-corrected chi connectivity index (χ2v) is 7.75. The van der Waals surface area contributed by atoms with Crippen molar-refractivity contribution in [3.63, 3.8) is 0 Å². The fourth-order valence-corrected chi connectivity index (χ4v) is 3.92. The Morgan fingerprint density at radius 3 is 2.52 bits per heavy atom. The summed E-state index contributed by atoms with van der Waals surface area (Å²) in [5, 5.41) is -0.598. The number of rotatable bonds is 6. The Balaban J connectivity index is 1.94. The summed E-state index contributed by atoms with van der Waals surface area (Å²) in [6, 6.07) is 9.68. The Labute approximate surface area is 127 Å². The van der Waals surface area contributed by atoms with E-state index in [0.29, 0.717) is 12.5 Å². The summed E-state index contributed by atoms with van der Waals surface area (Å²) in [7, 11) is -2.24. The molecule has 0 aromatic heterocycles. The molecule has 1 aromatic carbocycles. The van der Waals surface area contributed by atoms with Gasteiger partial charge in [0.2, 0.25) is 5.16 Å². The van der Waals surface area contributed by atoms with Crippen molar-refractivity contribution in [1.82, 2.24) is 0 Å². The van der Waals surface area contributed by atoms with Crippen LogP contribution in [0.1, 0.15) is 39.0 Å². The molecule has 5 heteroatoms. The zero-order chi connectivity index (χ0) is 15.3. The van der Waals surface area contributed by atoms with E-state index in [2.05, 4.69) is 0 Å². The van der Waals surface area contributed by atoms with E-state index in [9.17, 15) is 9.46 Å². The number of benzene rings is 1. The summed E-state index contributed by atoms with van der Waals surface area (Å²) in [4.78, 5) is 9.78. The molecule has 0 spiro atoms. The van der Waals surface area contributed by atoms with E-state index in [4.69, 9.17) is 10.5 Å². The second-order valence-electron chi connectivity index (χ2n) is 6.26. The Bertz CT molecular complexity index is 456. The summed E-state index contributed by atoms with van der Waals surface area (Å²) in [6.07, 6.45) is 4.40. The molecule has 1 aliphatic rings. The van der Waals surface area contributed by atoms with Crippen LogP contribution in [0.3, 0.4) is 0 Å². The van der Waals surface area contributed by atoms with E-state index in [1.54, 1.807) is 0 Å². The molecule has 1 saturated carbocycles. The molecule has 2 rings (SSSR count). The van der Waals surface area contributed by atoms with Crippen molar-refractivity contribution < 1.29 is 14.2 Å². The molecule has 4 nitrogen and oxygen atoms in total. The van der Waals surface area contributed by atoms with E-state index in [-0.39, 0.29) is 6.04 Å². The lowest BCUT2D eigenvalue weighted by molar-refractivity contribution is 0.186. The van der Waals surface area contributed by atoms with E-state index < -0.39 is 13.2 Å². The first-order valence-electron chi connectivity index (χ1n) is 7.61. The molecule has 0 heterocycles. The molecule has 0 radical (unpaired) electrons. The number of ether oxygens (including phenoxy) is 1. The Morgan fingerprint density at radius 1 is 1.38 bits per heavy atom. The molecule has 2 unspecified atom stereocenters. The van der Waals surface area contributed by atoms with Crippen LogP contribution in [0.15, 0.2) is 30.3 Å². The lowest BCUT2D eigenvalue weighted by Gasteiger charge is -2.31. The number of hydrogen-bond donors (Lipinski definition) is 2. The average molecular weight is 310 g/mol. The Hall–Kier alpha value is -0.960. The maximum Gasteiger partial charge on any atom is 0.515 e. The molecule has 0 aliphatic heterocycles. The molecule has 1 aliphatic carbocycles. The highest BCUT2D eigenvalue weighted by Crippen LogP contribution is 2.48. The van der Waals surface area contributed by atoms with Crippen molar-refractivity contribution in [2.24, 2.45) is 11.7 Å². The average Bonchev–Trinajstić information content (AvgIpc) is 2.47. The van der Waals surface area contributed by atoms with E-state index in [1.807, 2.05) is 37.3 Å². The van der Waals surface area contributed by atoms with Crippen LogP contribution in [0.2, 0.25) is 0 Å². The molecule has 3 N–H and O–H groups in total. The van der Waals surface area contributed by atoms with E-state index in [0.717, 1.165) is 37.9 Å². The van der Waals surface area contributed by atoms with Gasteiger partial charge in [-0.05, 0) is 48.8 Å². The first kappa shape index (κ1) is 16.4. The third kappa shape index (κ3) is 4.50. The lowest BCUT2D eigenvalue weighted by atomic mass is 9.79. The molecule has 116 valence electrons. The van der Waals surface area contributed by atoms with Crippen LogP contribution >= 0.6 is 8.03 Å². The summed E-state index contributed by atoms with van der Waals surface area (Å²) in [5.41, 5.74) is 5.85. The van der Waals surface area contributed by atoms with Gasteiger partial charge in [0, 0.05) is 18.9 Å². The van der Waals surface area contributed by atoms with Crippen molar-refractivity contribution in [3.05, 3.63) is 30.3 Å². The molecule has 21 heavy (non-hydrogen) atoms. The Morgan fingerprint density at radius 2 is 2.00 bits per heavy atom. The normalized spacial score (nSPS) is 28.0. The van der Waals surface area contributed by atoms with Crippen LogP contribution in [0.5, 0.6) is 5.75 Å². The van der Waals surface area contributed by atoms with Gasteiger partial charge in [0.05, 0.1) is 0 Å². The van der Waals surface area contributed by atoms with Gasteiger partial charge < -0.3 is 10.5 Å². The molecule has 0 saturated heterocycles. The summed E-state index contributed by atoms with van der Waals surface area (Å²) >= 11 is 0. The van der Waals surface area contributed by atoms with E-state index in [1.165, 1.54) is 0 Å². The monoisotopic (exact) mass is 310 g/mol. The van der Waals surface area contributed by atoms with Crippen LogP contribution in [0, 0.1) is 5.92 Å². The maximum absolute atomic E-state index is 11.9. The highest BCUT2D eigenvalue weighted by molar-refractivity contribution is 7.40. The van der Waals surface area contributed by atoms with Crippen LogP contribution in [0.25, 0.3) is 0 Å². The molecule has 2 atom stereocenters. The van der Waals surface area contributed by atoms with Crippen molar-refractivity contribution >= 4 is 8.03 Å². The molecule has 1 aromatic rings. The largest absolute Gasteiger partial charge is 0.515 e. The molecule has 1 fully saturated rings. The van der Waals surface area contributed by atoms with E-state index >= 15 is 0 Å². The fourth-order valence-electron chi connectivity index (χ4n) is 3.10. The first-order valence-corrected chi connectivity index (χ1v) is 8.83. The third-order valence-electron chi connectivity index (χ3n) is 4.40. The summed E-state index contributed by atoms with van der Waals surface area (Å²) < 4.78 is 17.6. The minimum absolute atomic E-state index is 0.200. The van der Waals surface area contributed by atoms with Gasteiger partial charge >= 0.3 is 8.03 Å². The minimum Gasteiger partial charge on any atom is -0.488 e.